The van der Waals surface area contributed by atoms with Gasteiger partial charge < -0.3 is 9.32 Å². The van der Waals surface area contributed by atoms with Crippen molar-refractivity contribution < 1.29 is 4.42 Å². The summed E-state index contributed by atoms with van der Waals surface area (Å²) in [5, 5.41) is 0. The topological polar surface area (TPSA) is 42.2 Å². The van der Waals surface area contributed by atoms with E-state index >= 15 is 0 Å². The van der Waals surface area contributed by atoms with Crippen LogP contribution in [0.25, 0.3) is 22.7 Å². The van der Waals surface area contributed by atoms with Crippen molar-refractivity contribution in [2.24, 2.45) is 0 Å². The van der Waals surface area contributed by atoms with Crippen molar-refractivity contribution in [2.45, 2.75) is 19.8 Å². The van der Waals surface area contributed by atoms with E-state index in [9.17, 15) is 0 Å². The van der Waals surface area contributed by atoms with Crippen molar-refractivity contribution in [3.63, 3.8) is 0 Å². The lowest BCUT2D eigenvalue weighted by atomic mass is 10.1. The number of aryl methyl sites for hydroxylation is 1. The van der Waals surface area contributed by atoms with E-state index in [2.05, 4.69) is 39.1 Å². The van der Waals surface area contributed by atoms with E-state index in [0.29, 0.717) is 5.89 Å². The highest BCUT2D eigenvalue weighted by Gasteiger charge is 2.14. The first-order chi connectivity index (χ1) is 11.3. The highest BCUT2D eigenvalue weighted by Crippen LogP contribution is 2.28. The molecule has 4 heteroatoms. The Bertz CT molecular complexity index is 801. The summed E-state index contributed by atoms with van der Waals surface area (Å²) in [6.45, 7) is 4.35. The van der Waals surface area contributed by atoms with Crippen molar-refractivity contribution >= 4 is 5.69 Å². The quantitative estimate of drug-likeness (QED) is 0.723. The van der Waals surface area contributed by atoms with Crippen molar-refractivity contribution in [3.05, 3.63) is 54.6 Å². The van der Waals surface area contributed by atoms with Gasteiger partial charge in [-0.1, -0.05) is 12.1 Å². The molecule has 116 valence electrons. The Hall–Kier alpha value is -2.62. The molecule has 4 nitrogen and oxygen atoms in total. The fourth-order valence-corrected chi connectivity index (χ4v) is 3.04. The van der Waals surface area contributed by atoms with Gasteiger partial charge in [-0.05, 0) is 43.5 Å². The number of pyridine rings is 1. The number of nitrogens with zero attached hydrogens (tertiary/aromatic N) is 3. The highest BCUT2D eigenvalue weighted by molar-refractivity contribution is 5.66. The van der Waals surface area contributed by atoms with Crippen LogP contribution in [0.15, 0.2) is 53.4 Å². The Morgan fingerprint density at radius 1 is 1.04 bits per heavy atom. The molecule has 3 aromatic rings. The standard InChI is InChI=1S/C19H19N3O/c1-14-8-9-20-12-17(14)19-21-18(13-23-19)15-4-6-16(7-5-15)22-10-2-3-11-22/h4-9,12-13H,2-3,10-11H2,1H3. The minimum absolute atomic E-state index is 0.620. The Balaban J connectivity index is 1.60. The van der Waals surface area contributed by atoms with Crippen molar-refractivity contribution in [2.75, 3.05) is 18.0 Å². The molecular weight excluding hydrogens is 286 g/mol. The predicted octanol–water partition coefficient (Wildman–Crippen LogP) is 4.31. The first-order valence-electron chi connectivity index (χ1n) is 8.03. The molecule has 1 fully saturated rings. The van der Waals surface area contributed by atoms with Crippen LogP contribution in [0, 0.1) is 6.92 Å². The van der Waals surface area contributed by atoms with Gasteiger partial charge in [0, 0.05) is 36.7 Å². The van der Waals surface area contributed by atoms with Crippen molar-refractivity contribution in [1.29, 1.82) is 0 Å². The van der Waals surface area contributed by atoms with Crippen LogP contribution in [-0.2, 0) is 0 Å². The molecule has 0 aliphatic carbocycles. The summed E-state index contributed by atoms with van der Waals surface area (Å²) < 4.78 is 5.65. The summed E-state index contributed by atoms with van der Waals surface area (Å²) in [7, 11) is 0. The van der Waals surface area contributed by atoms with E-state index in [-0.39, 0.29) is 0 Å². The van der Waals surface area contributed by atoms with Crippen LogP contribution in [0.5, 0.6) is 0 Å². The van der Waals surface area contributed by atoms with Gasteiger partial charge in [-0.15, -0.1) is 0 Å². The third-order valence-corrected chi connectivity index (χ3v) is 4.41. The summed E-state index contributed by atoms with van der Waals surface area (Å²) >= 11 is 0. The molecule has 3 heterocycles. The van der Waals surface area contributed by atoms with Gasteiger partial charge in [0.2, 0.25) is 5.89 Å². The number of oxazole rings is 1. The van der Waals surface area contributed by atoms with Gasteiger partial charge in [0.1, 0.15) is 12.0 Å². The fraction of sp³-hybridized carbons (Fsp3) is 0.263. The highest BCUT2D eigenvalue weighted by atomic mass is 16.3. The number of rotatable bonds is 3. The fourth-order valence-electron chi connectivity index (χ4n) is 3.04. The number of aromatic nitrogens is 2. The Morgan fingerprint density at radius 2 is 1.83 bits per heavy atom. The number of hydrogen-bond acceptors (Lipinski definition) is 4. The van der Waals surface area contributed by atoms with E-state index in [4.69, 9.17) is 4.42 Å². The van der Waals surface area contributed by atoms with Crippen molar-refractivity contribution in [1.82, 2.24) is 9.97 Å². The zero-order valence-corrected chi connectivity index (χ0v) is 13.2. The normalized spacial score (nSPS) is 14.4. The molecule has 23 heavy (non-hydrogen) atoms. The summed E-state index contributed by atoms with van der Waals surface area (Å²) in [5.41, 5.74) is 5.27. The van der Waals surface area contributed by atoms with E-state index in [1.54, 1.807) is 18.7 Å². The molecule has 0 bridgehead atoms. The molecule has 0 unspecified atom stereocenters. The maximum absolute atomic E-state index is 5.65. The summed E-state index contributed by atoms with van der Waals surface area (Å²) in [5.74, 6) is 0.620. The first kappa shape index (κ1) is 14.0. The monoisotopic (exact) mass is 305 g/mol. The van der Waals surface area contributed by atoms with Crippen LogP contribution >= 0.6 is 0 Å². The molecule has 0 saturated carbocycles. The van der Waals surface area contributed by atoms with E-state index in [0.717, 1.165) is 35.5 Å². The van der Waals surface area contributed by atoms with Crippen LogP contribution < -0.4 is 4.90 Å². The number of hydrogen-bond donors (Lipinski definition) is 0. The molecular formula is C19H19N3O. The predicted molar refractivity (Wildman–Crippen MR) is 91.4 cm³/mol. The summed E-state index contributed by atoms with van der Waals surface area (Å²) in [4.78, 5) is 11.2. The van der Waals surface area contributed by atoms with E-state index in [1.165, 1.54) is 18.5 Å². The lowest BCUT2D eigenvalue weighted by Crippen LogP contribution is -2.17. The van der Waals surface area contributed by atoms with Crippen LogP contribution in [0.2, 0.25) is 0 Å². The molecule has 4 rings (SSSR count). The molecule has 1 aliphatic rings. The van der Waals surface area contributed by atoms with Crippen LogP contribution in [-0.4, -0.2) is 23.1 Å². The van der Waals surface area contributed by atoms with Crippen molar-refractivity contribution in [3.8, 4) is 22.7 Å². The van der Waals surface area contributed by atoms with Gasteiger partial charge in [0.25, 0.3) is 0 Å². The van der Waals surface area contributed by atoms with Crippen LogP contribution in [0.3, 0.4) is 0 Å². The molecule has 2 aromatic heterocycles. The SMILES string of the molecule is Cc1ccncc1-c1nc(-c2ccc(N3CCCC3)cc2)co1. The lowest BCUT2D eigenvalue weighted by molar-refractivity contribution is 0.574. The third kappa shape index (κ3) is 2.72. The second kappa shape index (κ2) is 5.88. The maximum atomic E-state index is 5.65. The van der Waals surface area contributed by atoms with Gasteiger partial charge in [-0.2, -0.15) is 0 Å². The Morgan fingerprint density at radius 3 is 2.57 bits per heavy atom. The molecule has 0 spiro atoms. The van der Waals surface area contributed by atoms with Gasteiger partial charge in [0.15, 0.2) is 0 Å². The zero-order chi connectivity index (χ0) is 15.6. The van der Waals surface area contributed by atoms with E-state index < -0.39 is 0 Å². The summed E-state index contributed by atoms with van der Waals surface area (Å²) in [6.07, 6.45) is 7.87. The lowest BCUT2D eigenvalue weighted by Gasteiger charge is -2.17. The average Bonchev–Trinajstić information content (AvgIpc) is 3.27. The minimum Gasteiger partial charge on any atom is -0.444 e. The maximum Gasteiger partial charge on any atom is 0.228 e. The first-order valence-corrected chi connectivity index (χ1v) is 8.03. The third-order valence-electron chi connectivity index (χ3n) is 4.41. The molecule has 1 aliphatic heterocycles. The Kier molecular flexibility index (Phi) is 3.58. The van der Waals surface area contributed by atoms with Gasteiger partial charge in [-0.3, -0.25) is 4.98 Å². The van der Waals surface area contributed by atoms with Gasteiger partial charge in [-0.25, -0.2) is 4.98 Å². The zero-order valence-electron chi connectivity index (χ0n) is 13.2. The minimum atomic E-state index is 0.620. The van der Waals surface area contributed by atoms with Gasteiger partial charge in [0.05, 0.1) is 5.56 Å². The van der Waals surface area contributed by atoms with Crippen LogP contribution in [0.4, 0.5) is 5.69 Å². The second-order valence-corrected chi connectivity index (χ2v) is 5.97. The van der Waals surface area contributed by atoms with Crippen LogP contribution in [0.1, 0.15) is 18.4 Å². The van der Waals surface area contributed by atoms with Gasteiger partial charge >= 0.3 is 0 Å². The number of benzene rings is 1. The van der Waals surface area contributed by atoms with E-state index in [1.807, 2.05) is 13.0 Å². The largest absolute Gasteiger partial charge is 0.444 e. The molecule has 1 aromatic carbocycles. The Labute approximate surface area is 135 Å². The molecule has 0 N–H and O–H groups in total. The molecule has 0 atom stereocenters. The molecule has 1 saturated heterocycles. The average molecular weight is 305 g/mol. The smallest absolute Gasteiger partial charge is 0.228 e. The second-order valence-electron chi connectivity index (χ2n) is 5.97. The molecule has 0 amide bonds. The summed E-state index contributed by atoms with van der Waals surface area (Å²) in [6, 6.07) is 10.5. The number of anilines is 1. The molecule has 0 radical (unpaired) electrons.